The predicted molar refractivity (Wildman–Crippen MR) is 87.2 cm³/mol. The summed E-state index contributed by atoms with van der Waals surface area (Å²) in [5, 5.41) is 0.907. The summed E-state index contributed by atoms with van der Waals surface area (Å²) in [4.78, 5) is 19.2. The molecule has 1 aliphatic heterocycles. The van der Waals surface area contributed by atoms with Crippen LogP contribution >= 0.6 is 15.9 Å². The number of carbonyl (C=O) groups is 1. The minimum absolute atomic E-state index is 0.0868. The second-order valence-corrected chi connectivity index (χ2v) is 6.53. The van der Waals surface area contributed by atoms with Crippen molar-refractivity contribution in [3.63, 3.8) is 0 Å². The number of amides is 1. The summed E-state index contributed by atoms with van der Waals surface area (Å²) in [6, 6.07) is 7.73. The lowest BCUT2D eigenvalue weighted by Gasteiger charge is -2.18. The SMILES string of the molecule is Cc1cc(C(=O)N2CC[C@@H](CN)C2)c2ccc(Br)cc2n1. The van der Waals surface area contributed by atoms with Crippen LogP contribution in [0, 0.1) is 12.8 Å². The predicted octanol–water partition coefficient (Wildman–Crippen LogP) is 2.73. The minimum Gasteiger partial charge on any atom is -0.338 e. The van der Waals surface area contributed by atoms with E-state index in [-0.39, 0.29) is 5.91 Å². The molecule has 0 saturated carbocycles. The molecule has 110 valence electrons. The van der Waals surface area contributed by atoms with Gasteiger partial charge < -0.3 is 10.6 Å². The maximum absolute atomic E-state index is 12.8. The van der Waals surface area contributed by atoms with Gasteiger partial charge in [0.15, 0.2) is 0 Å². The van der Waals surface area contributed by atoms with Gasteiger partial charge in [-0.1, -0.05) is 22.0 Å². The first-order chi connectivity index (χ1) is 10.1. The molecule has 2 aromatic rings. The number of nitrogens with two attached hydrogens (primary N) is 1. The molecular formula is C16H18BrN3O. The lowest BCUT2D eigenvalue weighted by atomic mass is 10.1. The Balaban J connectivity index is 2.01. The number of hydrogen-bond acceptors (Lipinski definition) is 3. The summed E-state index contributed by atoms with van der Waals surface area (Å²) < 4.78 is 0.968. The fourth-order valence-electron chi connectivity index (χ4n) is 2.89. The van der Waals surface area contributed by atoms with Gasteiger partial charge in [0.1, 0.15) is 0 Å². The van der Waals surface area contributed by atoms with Crippen LogP contribution in [0.1, 0.15) is 22.5 Å². The molecule has 2 N–H and O–H groups in total. The standard InChI is InChI=1S/C16H18BrN3O/c1-10-6-14(13-3-2-12(17)7-15(13)19-10)16(21)20-5-4-11(8-18)9-20/h2-3,6-7,11H,4-5,8-9,18H2,1H3/t11-/m0/s1. The number of rotatable bonds is 2. The molecule has 3 rings (SSSR count). The smallest absolute Gasteiger partial charge is 0.254 e. The average Bonchev–Trinajstić information content (AvgIpc) is 2.94. The van der Waals surface area contributed by atoms with Crippen molar-refractivity contribution in [2.24, 2.45) is 11.7 Å². The Morgan fingerprint density at radius 1 is 1.48 bits per heavy atom. The van der Waals surface area contributed by atoms with E-state index in [4.69, 9.17) is 5.73 Å². The van der Waals surface area contributed by atoms with Gasteiger partial charge in [-0.3, -0.25) is 9.78 Å². The Morgan fingerprint density at radius 3 is 3.00 bits per heavy atom. The molecule has 0 radical (unpaired) electrons. The Kier molecular flexibility index (Phi) is 3.95. The van der Waals surface area contributed by atoms with Crippen molar-refractivity contribution in [2.75, 3.05) is 19.6 Å². The van der Waals surface area contributed by atoms with Crippen LogP contribution in [-0.2, 0) is 0 Å². The molecule has 0 unspecified atom stereocenters. The zero-order valence-electron chi connectivity index (χ0n) is 12.0. The third-order valence-corrected chi connectivity index (χ3v) is 4.53. The van der Waals surface area contributed by atoms with Crippen LogP contribution in [0.25, 0.3) is 10.9 Å². The van der Waals surface area contributed by atoms with Crippen molar-refractivity contribution in [2.45, 2.75) is 13.3 Å². The molecule has 1 amide bonds. The molecule has 1 saturated heterocycles. The Labute approximate surface area is 132 Å². The summed E-state index contributed by atoms with van der Waals surface area (Å²) >= 11 is 3.45. The highest BCUT2D eigenvalue weighted by atomic mass is 79.9. The van der Waals surface area contributed by atoms with Crippen LogP contribution in [0.3, 0.4) is 0 Å². The highest BCUT2D eigenvalue weighted by Gasteiger charge is 2.27. The van der Waals surface area contributed by atoms with Crippen molar-refractivity contribution >= 4 is 32.7 Å². The molecule has 1 aliphatic rings. The van der Waals surface area contributed by atoms with Crippen LogP contribution in [0.4, 0.5) is 0 Å². The second kappa shape index (κ2) is 5.73. The monoisotopic (exact) mass is 347 g/mol. The normalized spacial score (nSPS) is 18.4. The van der Waals surface area contributed by atoms with Gasteiger partial charge in [-0.05, 0) is 44.0 Å². The van der Waals surface area contributed by atoms with Gasteiger partial charge in [-0.2, -0.15) is 0 Å². The maximum atomic E-state index is 12.8. The molecule has 1 aromatic carbocycles. The van der Waals surface area contributed by atoms with Gasteiger partial charge >= 0.3 is 0 Å². The van der Waals surface area contributed by atoms with Crippen molar-refractivity contribution in [3.8, 4) is 0 Å². The average molecular weight is 348 g/mol. The summed E-state index contributed by atoms with van der Waals surface area (Å²) in [6.45, 7) is 4.12. The zero-order chi connectivity index (χ0) is 15.0. The van der Waals surface area contributed by atoms with Crippen LogP contribution < -0.4 is 5.73 Å². The van der Waals surface area contributed by atoms with Crippen molar-refractivity contribution in [3.05, 3.63) is 40.0 Å². The van der Waals surface area contributed by atoms with E-state index in [2.05, 4.69) is 20.9 Å². The third-order valence-electron chi connectivity index (χ3n) is 4.04. The van der Waals surface area contributed by atoms with E-state index in [1.807, 2.05) is 36.1 Å². The molecule has 1 aromatic heterocycles. The van der Waals surface area contributed by atoms with Gasteiger partial charge in [0.25, 0.3) is 5.91 Å². The number of nitrogens with zero attached hydrogens (tertiary/aromatic N) is 2. The van der Waals surface area contributed by atoms with Crippen LogP contribution in [-0.4, -0.2) is 35.4 Å². The molecule has 1 atom stereocenters. The lowest BCUT2D eigenvalue weighted by molar-refractivity contribution is 0.0789. The van der Waals surface area contributed by atoms with Gasteiger partial charge in [0.2, 0.25) is 0 Å². The first-order valence-corrected chi connectivity index (χ1v) is 7.94. The third kappa shape index (κ3) is 2.80. The number of aromatic nitrogens is 1. The largest absolute Gasteiger partial charge is 0.338 e. The molecule has 5 heteroatoms. The van der Waals surface area contributed by atoms with Crippen molar-refractivity contribution < 1.29 is 4.79 Å². The van der Waals surface area contributed by atoms with Gasteiger partial charge in [-0.15, -0.1) is 0 Å². The zero-order valence-corrected chi connectivity index (χ0v) is 13.6. The number of likely N-dealkylation sites (tertiary alicyclic amines) is 1. The summed E-state index contributed by atoms with van der Waals surface area (Å²) in [5.41, 5.74) is 8.16. The van der Waals surface area contributed by atoms with Crippen molar-refractivity contribution in [1.29, 1.82) is 0 Å². The van der Waals surface area contributed by atoms with E-state index < -0.39 is 0 Å². The summed E-state index contributed by atoms with van der Waals surface area (Å²) in [7, 11) is 0. The number of pyridine rings is 1. The highest BCUT2D eigenvalue weighted by molar-refractivity contribution is 9.10. The Hall–Kier alpha value is -1.46. The molecule has 1 fully saturated rings. The highest BCUT2D eigenvalue weighted by Crippen LogP contribution is 2.25. The first kappa shape index (κ1) is 14.5. The number of carbonyl (C=O) groups excluding carboxylic acids is 1. The van der Waals surface area contributed by atoms with E-state index in [0.29, 0.717) is 12.5 Å². The summed E-state index contributed by atoms with van der Waals surface area (Å²) in [6.07, 6.45) is 0.996. The number of fused-ring (bicyclic) bond motifs is 1. The van der Waals surface area contributed by atoms with Crippen LogP contribution in [0.2, 0.25) is 0 Å². The number of aryl methyl sites for hydroxylation is 1. The fraction of sp³-hybridized carbons (Fsp3) is 0.375. The Morgan fingerprint density at radius 2 is 2.29 bits per heavy atom. The molecule has 0 bridgehead atoms. The van der Waals surface area contributed by atoms with E-state index >= 15 is 0 Å². The van der Waals surface area contributed by atoms with E-state index in [0.717, 1.165) is 46.1 Å². The quantitative estimate of drug-likeness (QED) is 0.908. The van der Waals surface area contributed by atoms with Gasteiger partial charge in [-0.25, -0.2) is 0 Å². The molecular weight excluding hydrogens is 330 g/mol. The fourth-order valence-corrected chi connectivity index (χ4v) is 3.24. The number of hydrogen-bond donors (Lipinski definition) is 1. The first-order valence-electron chi connectivity index (χ1n) is 7.14. The lowest BCUT2D eigenvalue weighted by Crippen LogP contribution is -2.30. The van der Waals surface area contributed by atoms with E-state index in [1.54, 1.807) is 0 Å². The van der Waals surface area contributed by atoms with Crippen LogP contribution in [0.15, 0.2) is 28.7 Å². The topological polar surface area (TPSA) is 59.2 Å². The minimum atomic E-state index is 0.0868. The molecule has 2 heterocycles. The second-order valence-electron chi connectivity index (χ2n) is 5.61. The van der Waals surface area contributed by atoms with E-state index in [1.165, 1.54) is 0 Å². The molecule has 21 heavy (non-hydrogen) atoms. The summed E-state index contributed by atoms with van der Waals surface area (Å²) in [5.74, 6) is 0.515. The Bertz CT molecular complexity index is 696. The molecule has 0 aliphatic carbocycles. The van der Waals surface area contributed by atoms with Crippen molar-refractivity contribution in [1.82, 2.24) is 9.88 Å². The molecule has 4 nitrogen and oxygen atoms in total. The maximum Gasteiger partial charge on any atom is 0.254 e. The van der Waals surface area contributed by atoms with Gasteiger partial charge in [0, 0.05) is 28.6 Å². The molecule has 0 spiro atoms. The number of benzene rings is 1. The van der Waals surface area contributed by atoms with E-state index in [9.17, 15) is 4.79 Å². The number of halogens is 1. The van der Waals surface area contributed by atoms with Gasteiger partial charge in [0.05, 0.1) is 11.1 Å². The van der Waals surface area contributed by atoms with Crippen LogP contribution in [0.5, 0.6) is 0 Å².